The van der Waals surface area contributed by atoms with E-state index >= 15 is 0 Å². The van der Waals surface area contributed by atoms with Crippen LogP contribution in [0.5, 0.6) is 0 Å². The van der Waals surface area contributed by atoms with Crippen LogP contribution in [0.3, 0.4) is 0 Å². The molecule has 0 spiro atoms. The molecule has 0 saturated heterocycles. The van der Waals surface area contributed by atoms with E-state index in [1.807, 2.05) is 0 Å². The molecule has 0 amide bonds. The van der Waals surface area contributed by atoms with Crippen LogP contribution in [0, 0.1) is 5.92 Å². The van der Waals surface area contributed by atoms with Crippen molar-refractivity contribution in [1.82, 2.24) is 0 Å². The first-order valence-electron chi connectivity index (χ1n) is 6.20. The van der Waals surface area contributed by atoms with Crippen LogP contribution in [0.15, 0.2) is 30.3 Å². The van der Waals surface area contributed by atoms with Gasteiger partial charge in [-0.05, 0) is 24.3 Å². The highest BCUT2D eigenvalue weighted by Crippen LogP contribution is 2.45. The lowest BCUT2D eigenvalue weighted by Gasteiger charge is -2.32. The molecule has 0 aliphatic heterocycles. The first-order valence-corrected chi connectivity index (χ1v) is 6.20. The van der Waals surface area contributed by atoms with Crippen LogP contribution >= 0.6 is 0 Å². The van der Waals surface area contributed by atoms with E-state index in [4.69, 9.17) is 0 Å². The summed E-state index contributed by atoms with van der Waals surface area (Å²) in [6, 6.07) is 8.35. The third-order valence-electron chi connectivity index (χ3n) is 3.63. The third kappa shape index (κ3) is 3.02. The van der Waals surface area contributed by atoms with Gasteiger partial charge in [0, 0.05) is 0 Å². The monoisotopic (exact) mass is 242 g/mol. The van der Waals surface area contributed by atoms with Gasteiger partial charge in [0.1, 0.15) is 0 Å². The van der Waals surface area contributed by atoms with E-state index < -0.39 is 12.1 Å². The fourth-order valence-electron chi connectivity index (χ4n) is 2.86. The molecule has 1 atom stereocenters. The summed E-state index contributed by atoms with van der Waals surface area (Å²) in [4.78, 5) is 0. The molecular formula is C14H17F3. The second kappa shape index (κ2) is 5.11. The lowest BCUT2D eigenvalue weighted by Crippen LogP contribution is -2.29. The Hall–Kier alpha value is -0.990. The summed E-state index contributed by atoms with van der Waals surface area (Å²) < 4.78 is 39.6. The molecule has 0 N–H and O–H groups in total. The number of alkyl halides is 3. The Bertz CT molecular complexity index is 336. The Morgan fingerprint density at radius 2 is 1.53 bits per heavy atom. The quantitative estimate of drug-likeness (QED) is 0.691. The van der Waals surface area contributed by atoms with Crippen molar-refractivity contribution in [3.05, 3.63) is 35.9 Å². The molecule has 1 aromatic carbocycles. The lowest BCUT2D eigenvalue weighted by molar-refractivity contribution is -0.164. The molecule has 1 saturated carbocycles. The molecule has 1 aliphatic carbocycles. The second-order valence-electron chi connectivity index (χ2n) is 4.83. The van der Waals surface area contributed by atoms with Gasteiger partial charge in [-0.15, -0.1) is 0 Å². The molecular weight excluding hydrogens is 225 g/mol. The van der Waals surface area contributed by atoms with E-state index in [2.05, 4.69) is 0 Å². The van der Waals surface area contributed by atoms with E-state index in [-0.39, 0.29) is 5.92 Å². The van der Waals surface area contributed by atoms with Crippen molar-refractivity contribution in [3.63, 3.8) is 0 Å². The van der Waals surface area contributed by atoms with Crippen LogP contribution in [0.25, 0.3) is 0 Å². The number of hydrogen-bond acceptors (Lipinski definition) is 0. The molecule has 1 fully saturated rings. The lowest BCUT2D eigenvalue weighted by atomic mass is 9.76. The van der Waals surface area contributed by atoms with Crippen LogP contribution in [0.4, 0.5) is 13.2 Å². The predicted octanol–water partition coefficient (Wildman–Crippen LogP) is 4.91. The smallest absolute Gasteiger partial charge is 0.170 e. The van der Waals surface area contributed by atoms with Crippen molar-refractivity contribution >= 4 is 0 Å². The minimum Gasteiger partial charge on any atom is -0.170 e. The highest BCUT2D eigenvalue weighted by atomic mass is 19.4. The standard InChI is InChI=1S/C14H17F3/c15-14(16,17)13(11-7-3-1-4-8-11)12-9-5-2-6-10-12/h1,3-4,7-8,12-13H,2,5-6,9-10H2/t13-/m1/s1. The van der Waals surface area contributed by atoms with E-state index in [1.54, 1.807) is 30.3 Å². The average molecular weight is 242 g/mol. The maximum absolute atomic E-state index is 13.2. The van der Waals surface area contributed by atoms with Crippen LogP contribution in [0.1, 0.15) is 43.6 Å². The van der Waals surface area contributed by atoms with Gasteiger partial charge in [0.2, 0.25) is 0 Å². The Balaban J connectivity index is 2.25. The van der Waals surface area contributed by atoms with E-state index in [0.29, 0.717) is 18.4 Å². The zero-order valence-corrected chi connectivity index (χ0v) is 9.71. The van der Waals surface area contributed by atoms with Crippen molar-refractivity contribution in [2.75, 3.05) is 0 Å². The molecule has 1 aliphatic rings. The van der Waals surface area contributed by atoms with Crippen molar-refractivity contribution in [3.8, 4) is 0 Å². The molecule has 1 aromatic rings. The molecule has 0 unspecified atom stereocenters. The normalized spacial score (nSPS) is 20.2. The minimum absolute atomic E-state index is 0.230. The van der Waals surface area contributed by atoms with Crippen molar-refractivity contribution in [2.24, 2.45) is 5.92 Å². The van der Waals surface area contributed by atoms with Gasteiger partial charge < -0.3 is 0 Å². The third-order valence-corrected chi connectivity index (χ3v) is 3.63. The van der Waals surface area contributed by atoms with Gasteiger partial charge in [-0.3, -0.25) is 0 Å². The molecule has 0 radical (unpaired) electrons. The first-order chi connectivity index (χ1) is 8.09. The van der Waals surface area contributed by atoms with E-state index in [9.17, 15) is 13.2 Å². The van der Waals surface area contributed by atoms with Gasteiger partial charge in [-0.1, -0.05) is 49.6 Å². The van der Waals surface area contributed by atoms with Gasteiger partial charge in [0.05, 0.1) is 5.92 Å². The molecule has 0 bridgehead atoms. The topological polar surface area (TPSA) is 0 Å². The summed E-state index contributed by atoms with van der Waals surface area (Å²) in [5, 5.41) is 0. The number of hydrogen-bond donors (Lipinski definition) is 0. The predicted molar refractivity (Wildman–Crippen MR) is 61.8 cm³/mol. The highest BCUT2D eigenvalue weighted by molar-refractivity contribution is 5.22. The summed E-state index contributed by atoms with van der Waals surface area (Å²) in [6.07, 6.45) is 0.242. The molecule has 94 valence electrons. The molecule has 17 heavy (non-hydrogen) atoms. The fourth-order valence-corrected chi connectivity index (χ4v) is 2.86. The Morgan fingerprint density at radius 1 is 0.941 bits per heavy atom. The van der Waals surface area contributed by atoms with Crippen LogP contribution < -0.4 is 0 Å². The number of rotatable bonds is 2. The summed E-state index contributed by atoms with van der Waals surface area (Å²) in [6.45, 7) is 0. The Labute approximate surface area is 99.8 Å². The minimum atomic E-state index is -4.12. The molecule has 0 nitrogen and oxygen atoms in total. The van der Waals surface area contributed by atoms with Crippen molar-refractivity contribution in [2.45, 2.75) is 44.2 Å². The number of halogens is 3. The summed E-state index contributed by atoms with van der Waals surface area (Å²) in [5.41, 5.74) is 0.423. The van der Waals surface area contributed by atoms with Gasteiger partial charge in [-0.25, -0.2) is 0 Å². The van der Waals surface area contributed by atoms with E-state index in [1.165, 1.54) is 0 Å². The molecule has 2 rings (SSSR count). The van der Waals surface area contributed by atoms with Crippen molar-refractivity contribution < 1.29 is 13.2 Å². The maximum atomic E-state index is 13.2. The zero-order chi connectivity index (χ0) is 12.3. The van der Waals surface area contributed by atoms with Crippen LogP contribution in [-0.2, 0) is 0 Å². The number of benzene rings is 1. The SMILES string of the molecule is FC(F)(F)[C@H](c1ccccc1)C1CCCCC1. The second-order valence-corrected chi connectivity index (χ2v) is 4.83. The molecule has 3 heteroatoms. The van der Waals surface area contributed by atoms with Crippen LogP contribution in [-0.4, -0.2) is 6.18 Å². The van der Waals surface area contributed by atoms with Gasteiger partial charge >= 0.3 is 6.18 Å². The summed E-state index contributed by atoms with van der Waals surface area (Å²) >= 11 is 0. The Kier molecular flexibility index (Phi) is 3.75. The fraction of sp³-hybridized carbons (Fsp3) is 0.571. The summed E-state index contributed by atoms with van der Waals surface area (Å²) in [7, 11) is 0. The molecule has 0 heterocycles. The maximum Gasteiger partial charge on any atom is 0.396 e. The largest absolute Gasteiger partial charge is 0.396 e. The average Bonchev–Trinajstić information content (AvgIpc) is 2.30. The van der Waals surface area contributed by atoms with Gasteiger partial charge in [0.15, 0.2) is 0 Å². The highest BCUT2D eigenvalue weighted by Gasteiger charge is 2.45. The molecule has 0 aromatic heterocycles. The van der Waals surface area contributed by atoms with Gasteiger partial charge in [0.25, 0.3) is 0 Å². The van der Waals surface area contributed by atoms with E-state index in [0.717, 1.165) is 19.3 Å². The Morgan fingerprint density at radius 3 is 2.06 bits per heavy atom. The summed E-state index contributed by atoms with van der Waals surface area (Å²) in [5.74, 6) is -1.50. The first kappa shape index (κ1) is 12.5. The zero-order valence-electron chi connectivity index (χ0n) is 9.71. The van der Waals surface area contributed by atoms with Crippen molar-refractivity contribution in [1.29, 1.82) is 0 Å². The van der Waals surface area contributed by atoms with Crippen LogP contribution in [0.2, 0.25) is 0 Å². The van der Waals surface area contributed by atoms with Gasteiger partial charge in [-0.2, -0.15) is 13.2 Å².